The highest BCUT2D eigenvalue weighted by Gasteiger charge is 2.01. The van der Waals surface area contributed by atoms with Gasteiger partial charge in [0.05, 0.1) is 6.54 Å². The molecule has 0 atom stereocenters. The molecular weight excluding hydrogens is 356 g/mol. The molecule has 6 nitrogen and oxygen atoms in total. The molecule has 0 saturated heterocycles. The number of guanidine groups is 1. The molecule has 0 aliphatic rings. The van der Waals surface area contributed by atoms with Crippen molar-refractivity contribution >= 4 is 17.7 Å². The van der Waals surface area contributed by atoms with Crippen LogP contribution in [0, 0.1) is 0 Å². The third-order valence-corrected chi connectivity index (χ3v) is 4.73. The Hall–Kier alpha value is -2.80. The van der Waals surface area contributed by atoms with E-state index in [9.17, 15) is 0 Å². The van der Waals surface area contributed by atoms with Crippen molar-refractivity contribution in [2.75, 3.05) is 18.8 Å². The van der Waals surface area contributed by atoms with Crippen LogP contribution in [0.4, 0.5) is 0 Å². The highest BCUT2D eigenvalue weighted by atomic mass is 32.2. The maximum Gasteiger partial charge on any atom is 0.191 e. The second-order valence-electron chi connectivity index (χ2n) is 5.76. The molecule has 0 fully saturated rings. The number of rotatable bonds is 8. The van der Waals surface area contributed by atoms with Gasteiger partial charge in [-0.05, 0) is 42.8 Å². The van der Waals surface area contributed by atoms with Crippen LogP contribution in [0.3, 0.4) is 0 Å². The summed E-state index contributed by atoms with van der Waals surface area (Å²) in [5.41, 5.74) is 1.09. The average molecular weight is 381 g/mol. The first-order valence-corrected chi connectivity index (χ1v) is 9.98. The van der Waals surface area contributed by atoms with Gasteiger partial charge in [0.1, 0.15) is 0 Å². The fourth-order valence-corrected chi connectivity index (χ4v) is 3.25. The van der Waals surface area contributed by atoms with Crippen LogP contribution < -0.4 is 10.6 Å². The molecule has 140 valence electrons. The van der Waals surface area contributed by atoms with Crippen molar-refractivity contribution in [3.8, 4) is 5.82 Å². The number of hydrogen-bond donors (Lipinski definition) is 2. The molecule has 0 amide bonds. The Bertz CT molecular complexity index is 833. The van der Waals surface area contributed by atoms with Crippen LogP contribution in [-0.2, 0) is 6.54 Å². The third-order valence-electron chi connectivity index (χ3n) is 3.72. The van der Waals surface area contributed by atoms with Crippen molar-refractivity contribution < 1.29 is 0 Å². The molecule has 0 aliphatic carbocycles. The van der Waals surface area contributed by atoms with Crippen molar-refractivity contribution in [3.05, 3.63) is 72.7 Å². The molecule has 0 spiro atoms. The second kappa shape index (κ2) is 10.4. The molecule has 2 heterocycles. The number of nitrogens with one attached hydrogen (secondary N) is 2. The van der Waals surface area contributed by atoms with Gasteiger partial charge in [0.2, 0.25) is 0 Å². The van der Waals surface area contributed by atoms with E-state index in [2.05, 4.69) is 56.9 Å². The second-order valence-corrected chi connectivity index (χ2v) is 6.92. The highest BCUT2D eigenvalue weighted by Crippen LogP contribution is 2.15. The normalized spacial score (nSPS) is 11.4. The molecule has 0 aliphatic heterocycles. The molecule has 7 heteroatoms. The Labute approximate surface area is 164 Å². The summed E-state index contributed by atoms with van der Waals surface area (Å²) >= 11 is 1.83. The average Bonchev–Trinajstić information content (AvgIpc) is 3.25. The number of aliphatic imine (C=N–C) groups is 1. The molecule has 27 heavy (non-hydrogen) atoms. The Morgan fingerprint density at radius 3 is 2.78 bits per heavy atom. The van der Waals surface area contributed by atoms with Gasteiger partial charge in [0, 0.05) is 42.3 Å². The van der Waals surface area contributed by atoms with Crippen LogP contribution in [0.2, 0.25) is 0 Å². The standard InChI is InChI=1S/C20H24N6S/c1-2-21-20(23-12-14-27-18-7-4-3-5-8-18)24-16-17-9-11-22-19(15-17)26-13-6-10-25-26/h3-11,13,15H,2,12,14,16H2,1H3,(H2,21,23,24). The van der Waals surface area contributed by atoms with Crippen LogP contribution >= 0.6 is 11.8 Å². The first-order valence-electron chi connectivity index (χ1n) is 9.00. The SMILES string of the molecule is CCNC(=NCc1ccnc(-n2cccn2)c1)NCCSc1ccccc1. The fraction of sp³-hybridized carbons (Fsp3) is 0.250. The van der Waals surface area contributed by atoms with E-state index in [0.717, 1.165) is 36.2 Å². The largest absolute Gasteiger partial charge is 0.357 e. The van der Waals surface area contributed by atoms with E-state index in [1.807, 2.05) is 42.2 Å². The molecule has 3 rings (SSSR count). The van der Waals surface area contributed by atoms with Gasteiger partial charge in [0.25, 0.3) is 0 Å². The minimum absolute atomic E-state index is 0.581. The summed E-state index contributed by atoms with van der Waals surface area (Å²) in [6.45, 7) is 4.32. The first kappa shape index (κ1) is 19.0. The van der Waals surface area contributed by atoms with Gasteiger partial charge in [-0.15, -0.1) is 11.8 Å². The molecule has 3 aromatic rings. The minimum atomic E-state index is 0.581. The van der Waals surface area contributed by atoms with Crippen molar-refractivity contribution in [1.29, 1.82) is 0 Å². The minimum Gasteiger partial charge on any atom is -0.357 e. The molecule has 0 radical (unpaired) electrons. The summed E-state index contributed by atoms with van der Waals surface area (Å²) in [5.74, 6) is 2.60. The predicted molar refractivity (Wildman–Crippen MR) is 111 cm³/mol. The van der Waals surface area contributed by atoms with E-state index in [4.69, 9.17) is 0 Å². The summed E-state index contributed by atoms with van der Waals surface area (Å²) in [7, 11) is 0. The summed E-state index contributed by atoms with van der Waals surface area (Å²) in [6, 6.07) is 16.3. The molecular formula is C20H24N6S. The lowest BCUT2D eigenvalue weighted by atomic mass is 10.2. The monoisotopic (exact) mass is 380 g/mol. The Morgan fingerprint density at radius 2 is 2.00 bits per heavy atom. The molecule has 0 unspecified atom stereocenters. The zero-order valence-corrected chi connectivity index (χ0v) is 16.2. The van der Waals surface area contributed by atoms with Crippen LogP contribution in [0.1, 0.15) is 12.5 Å². The highest BCUT2D eigenvalue weighted by molar-refractivity contribution is 7.99. The Morgan fingerprint density at radius 1 is 1.11 bits per heavy atom. The zero-order chi connectivity index (χ0) is 18.7. The van der Waals surface area contributed by atoms with Gasteiger partial charge in [-0.25, -0.2) is 14.7 Å². The lowest BCUT2D eigenvalue weighted by molar-refractivity contribution is 0.831. The number of thioether (sulfide) groups is 1. The van der Waals surface area contributed by atoms with Gasteiger partial charge in [-0.1, -0.05) is 18.2 Å². The fourth-order valence-electron chi connectivity index (χ4n) is 2.46. The van der Waals surface area contributed by atoms with Crippen molar-refractivity contribution in [2.24, 2.45) is 4.99 Å². The lowest BCUT2D eigenvalue weighted by Crippen LogP contribution is -2.38. The Balaban J connectivity index is 1.53. The van der Waals surface area contributed by atoms with Gasteiger partial charge in [0.15, 0.2) is 11.8 Å². The van der Waals surface area contributed by atoms with Crippen LogP contribution in [0.15, 0.2) is 77.0 Å². The van der Waals surface area contributed by atoms with E-state index in [-0.39, 0.29) is 0 Å². The van der Waals surface area contributed by atoms with Gasteiger partial charge < -0.3 is 10.6 Å². The van der Waals surface area contributed by atoms with E-state index in [1.54, 1.807) is 17.1 Å². The summed E-state index contributed by atoms with van der Waals surface area (Å²) in [5, 5.41) is 10.9. The van der Waals surface area contributed by atoms with E-state index >= 15 is 0 Å². The maximum absolute atomic E-state index is 4.68. The van der Waals surface area contributed by atoms with Gasteiger partial charge in [-0.3, -0.25) is 0 Å². The smallest absolute Gasteiger partial charge is 0.191 e. The number of pyridine rings is 1. The number of benzene rings is 1. The van der Waals surface area contributed by atoms with Crippen LogP contribution in [0.25, 0.3) is 5.82 Å². The first-order chi connectivity index (χ1) is 13.3. The van der Waals surface area contributed by atoms with Crippen LogP contribution in [0.5, 0.6) is 0 Å². The summed E-state index contributed by atoms with van der Waals surface area (Å²) < 4.78 is 1.75. The number of nitrogens with zero attached hydrogens (tertiary/aromatic N) is 4. The lowest BCUT2D eigenvalue weighted by Gasteiger charge is -2.11. The number of hydrogen-bond acceptors (Lipinski definition) is 4. The van der Waals surface area contributed by atoms with E-state index in [0.29, 0.717) is 6.54 Å². The summed E-state index contributed by atoms with van der Waals surface area (Å²) in [4.78, 5) is 10.3. The third kappa shape index (κ3) is 6.14. The van der Waals surface area contributed by atoms with Crippen molar-refractivity contribution in [3.63, 3.8) is 0 Å². The predicted octanol–water partition coefficient (Wildman–Crippen LogP) is 3.11. The van der Waals surface area contributed by atoms with E-state index in [1.165, 1.54) is 4.90 Å². The molecule has 2 N–H and O–H groups in total. The van der Waals surface area contributed by atoms with Crippen molar-refractivity contribution in [2.45, 2.75) is 18.4 Å². The van der Waals surface area contributed by atoms with E-state index < -0.39 is 0 Å². The van der Waals surface area contributed by atoms with Crippen LogP contribution in [-0.4, -0.2) is 39.6 Å². The molecule has 0 bridgehead atoms. The molecule has 1 aromatic carbocycles. The quantitative estimate of drug-likeness (QED) is 0.272. The summed E-state index contributed by atoms with van der Waals surface area (Å²) in [6.07, 6.45) is 5.41. The molecule has 0 saturated carbocycles. The Kier molecular flexibility index (Phi) is 7.29. The van der Waals surface area contributed by atoms with Crippen molar-refractivity contribution in [1.82, 2.24) is 25.4 Å². The van der Waals surface area contributed by atoms with Gasteiger partial charge >= 0.3 is 0 Å². The topological polar surface area (TPSA) is 67.1 Å². The zero-order valence-electron chi connectivity index (χ0n) is 15.4. The van der Waals surface area contributed by atoms with Gasteiger partial charge in [-0.2, -0.15) is 5.10 Å². The number of aromatic nitrogens is 3. The maximum atomic E-state index is 4.68. The molecule has 2 aromatic heterocycles.